The van der Waals surface area contributed by atoms with E-state index in [2.05, 4.69) is 38.0 Å². The SMILES string of the molecule is N#Cc1cnc2c(Cl)cc(NC(C3=CN(C4CNC4)NN3)c3ccc(Cl)cc3)cc2c1Nc1ccc(F)c(Cl)c1. The number of nitriles is 1. The molecule has 1 atom stereocenters. The van der Waals surface area contributed by atoms with Crippen LogP contribution in [0.25, 0.3) is 10.9 Å². The number of halogens is 4. The molecular weight excluding hydrogens is 574 g/mol. The van der Waals surface area contributed by atoms with Crippen LogP contribution in [0.15, 0.2) is 72.7 Å². The molecule has 0 saturated carbocycles. The van der Waals surface area contributed by atoms with Gasteiger partial charge in [-0.25, -0.2) is 4.39 Å². The number of hydrazine groups is 2. The van der Waals surface area contributed by atoms with Crippen molar-refractivity contribution in [2.45, 2.75) is 12.1 Å². The summed E-state index contributed by atoms with van der Waals surface area (Å²) in [5.74, 6) is -0.536. The average molecular weight is 596 g/mol. The van der Waals surface area contributed by atoms with E-state index < -0.39 is 5.82 Å². The van der Waals surface area contributed by atoms with Crippen LogP contribution in [0, 0.1) is 17.1 Å². The number of hydrogen-bond acceptors (Lipinski definition) is 8. The number of aromatic nitrogens is 1. The van der Waals surface area contributed by atoms with E-state index in [1.807, 2.05) is 41.5 Å². The molecule has 6 rings (SSSR count). The molecule has 0 bridgehead atoms. The van der Waals surface area contributed by atoms with Crippen molar-refractivity contribution >= 4 is 62.8 Å². The summed E-state index contributed by atoms with van der Waals surface area (Å²) < 4.78 is 13.8. The van der Waals surface area contributed by atoms with Gasteiger partial charge in [-0.1, -0.05) is 46.9 Å². The van der Waals surface area contributed by atoms with Crippen molar-refractivity contribution in [1.29, 1.82) is 5.26 Å². The third-order valence-corrected chi connectivity index (χ3v) is 7.65. The van der Waals surface area contributed by atoms with E-state index >= 15 is 0 Å². The molecule has 3 aromatic carbocycles. The normalized spacial score (nSPS) is 15.7. The Balaban J connectivity index is 1.41. The van der Waals surface area contributed by atoms with Crippen LogP contribution < -0.4 is 26.9 Å². The van der Waals surface area contributed by atoms with Gasteiger partial charge in [0.15, 0.2) is 0 Å². The molecule has 0 amide bonds. The van der Waals surface area contributed by atoms with Gasteiger partial charge < -0.3 is 21.4 Å². The van der Waals surface area contributed by atoms with Crippen LogP contribution in [0.4, 0.5) is 21.5 Å². The minimum absolute atomic E-state index is 0.0364. The molecular formula is C28H22Cl3FN8. The zero-order valence-corrected chi connectivity index (χ0v) is 23.0. The predicted octanol–water partition coefficient (Wildman–Crippen LogP) is 6.24. The fraction of sp³-hybridized carbons (Fsp3) is 0.143. The second-order valence-corrected chi connectivity index (χ2v) is 10.7. The van der Waals surface area contributed by atoms with Gasteiger partial charge in [-0.2, -0.15) is 5.26 Å². The van der Waals surface area contributed by atoms with Crippen molar-refractivity contribution in [1.82, 2.24) is 26.3 Å². The molecule has 1 saturated heterocycles. The molecule has 2 aliphatic heterocycles. The molecule has 40 heavy (non-hydrogen) atoms. The summed E-state index contributed by atoms with van der Waals surface area (Å²) in [7, 11) is 0. The predicted molar refractivity (Wildman–Crippen MR) is 157 cm³/mol. The molecule has 1 aromatic heterocycles. The van der Waals surface area contributed by atoms with E-state index in [4.69, 9.17) is 34.8 Å². The lowest BCUT2D eigenvalue weighted by Gasteiger charge is -2.34. The highest BCUT2D eigenvalue weighted by atomic mass is 35.5. The molecule has 3 heterocycles. The number of rotatable bonds is 7. The largest absolute Gasteiger partial charge is 0.373 e. The molecule has 2 aliphatic rings. The Morgan fingerprint density at radius 1 is 1.02 bits per heavy atom. The molecule has 0 spiro atoms. The first-order valence-electron chi connectivity index (χ1n) is 12.4. The summed E-state index contributed by atoms with van der Waals surface area (Å²) in [6.07, 6.45) is 3.50. The van der Waals surface area contributed by atoms with E-state index in [1.165, 1.54) is 18.3 Å². The fourth-order valence-corrected chi connectivity index (χ4v) is 5.17. The van der Waals surface area contributed by atoms with Crippen LogP contribution in [0.5, 0.6) is 0 Å². The Bertz CT molecular complexity index is 1670. The van der Waals surface area contributed by atoms with Gasteiger partial charge >= 0.3 is 0 Å². The molecule has 0 radical (unpaired) electrons. The van der Waals surface area contributed by atoms with Crippen molar-refractivity contribution in [3.8, 4) is 6.07 Å². The number of fused-ring (bicyclic) bond motifs is 1. The molecule has 202 valence electrons. The lowest BCUT2D eigenvalue weighted by molar-refractivity contribution is 0.146. The molecule has 1 unspecified atom stereocenters. The summed E-state index contributed by atoms with van der Waals surface area (Å²) in [6.45, 7) is 1.78. The lowest BCUT2D eigenvalue weighted by Crippen LogP contribution is -2.59. The zero-order chi connectivity index (χ0) is 27.8. The highest BCUT2D eigenvalue weighted by molar-refractivity contribution is 6.36. The maximum Gasteiger partial charge on any atom is 0.141 e. The van der Waals surface area contributed by atoms with E-state index in [0.717, 1.165) is 24.4 Å². The van der Waals surface area contributed by atoms with Crippen molar-refractivity contribution in [3.05, 3.63) is 105 Å². The first kappa shape index (κ1) is 26.4. The van der Waals surface area contributed by atoms with Crippen LogP contribution in [0.1, 0.15) is 17.2 Å². The number of hydrogen-bond donors (Lipinski definition) is 5. The van der Waals surface area contributed by atoms with Gasteiger partial charge in [0.1, 0.15) is 11.9 Å². The Labute approximate surface area is 244 Å². The summed E-state index contributed by atoms with van der Waals surface area (Å²) in [5.41, 5.74) is 10.9. The van der Waals surface area contributed by atoms with Gasteiger partial charge in [-0.3, -0.25) is 9.99 Å². The smallest absolute Gasteiger partial charge is 0.141 e. The lowest BCUT2D eigenvalue weighted by atomic mass is 10.0. The monoisotopic (exact) mass is 594 g/mol. The van der Waals surface area contributed by atoms with Crippen LogP contribution in [-0.4, -0.2) is 29.1 Å². The van der Waals surface area contributed by atoms with Crippen molar-refractivity contribution < 1.29 is 4.39 Å². The van der Waals surface area contributed by atoms with Gasteiger partial charge in [-0.15, -0.1) is 5.53 Å². The first-order valence-corrected chi connectivity index (χ1v) is 13.5. The summed E-state index contributed by atoms with van der Waals surface area (Å²) in [5, 5.41) is 23.6. The molecule has 4 aromatic rings. The minimum atomic E-state index is -0.536. The third-order valence-electron chi connectivity index (χ3n) is 6.82. The van der Waals surface area contributed by atoms with E-state index in [0.29, 0.717) is 49.6 Å². The quantitative estimate of drug-likeness (QED) is 0.171. The van der Waals surface area contributed by atoms with Gasteiger partial charge in [-0.05, 0) is 48.0 Å². The highest BCUT2D eigenvalue weighted by Gasteiger charge is 2.29. The highest BCUT2D eigenvalue weighted by Crippen LogP contribution is 2.37. The van der Waals surface area contributed by atoms with Gasteiger partial charge in [0.2, 0.25) is 0 Å². The third kappa shape index (κ3) is 5.20. The molecule has 12 heteroatoms. The van der Waals surface area contributed by atoms with E-state index in [9.17, 15) is 9.65 Å². The molecule has 5 N–H and O–H groups in total. The maximum atomic E-state index is 13.8. The second-order valence-electron chi connectivity index (χ2n) is 9.44. The van der Waals surface area contributed by atoms with E-state index in [1.54, 1.807) is 12.1 Å². The molecule has 0 aliphatic carbocycles. The zero-order valence-electron chi connectivity index (χ0n) is 20.8. The average Bonchev–Trinajstić information content (AvgIpc) is 3.38. The molecule has 8 nitrogen and oxygen atoms in total. The van der Waals surface area contributed by atoms with Crippen LogP contribution in [0.2, 0.25) is 15.1 Å². The van der Waals surface area contributed by atoms with E-state index in [-0.39, 0.29) is 11.1 Å². The van der Waals surface area contributed by atoms with Crippen molar-refractivity contribution in [2.75, 3.05) is 23.7 Å². The number of nitrogens with one attached hydrogen (secondary N) is 5. The summed E-state index contributed by atoms with van der Waals surface area (Å²) in [6, 6.07) is 17.7. The van der Waals surface area contributed by atoms with Gasteiger partial charge in [0, 0.05) is 47.3 Å². The van der Waals surface area contributed by atoms with Crippen molar-refractivity contribution in [2.24, 2.45) is 0 Å². The maximum absolute atomic E-state index is 13.8. The second kappa shape index (κ2) is 11.0. The Kier molecular flexibility index (Phi) is 7.27. The number of anilines is 3. The van der Waals surface area contributed by atoms with Crippen molar-refractivity contribution in [3.63, 3.8) is 0 Å². The van der Waals surface area contributed by atoms with Crippen LogP contribution in [-0.2, 0) is 0 Å². The number of nitrogens with zero attached hydrogens (tertiary/aromatic N) is 3. The number of pyridine rings is 1. The Morgan fingerprint density at radius 3 is 2.50 bits per heavy atom. The van der Waals surface area contributed by atoms with Gasteiger partial charge in [0.25, 0.3) is 0 Å². The fourth-order valence-electron chi connectivity index (χ4n) is 4.60. The first-order chi connectivity index (χ1) is 19.4. The minimum Gasteiger partial charge on any atom is -0.373 e. The molecule has 1 fully saturated rings. The van der Waals surface area contributed by atoms with Crippen LogP contribution in [0.3, 0.4) is 0 Å². The number of benzene rings is 3. The summed E-state index contributed by atoms with van der Waals surface area (Å²) in [4.78, 5) is 4.43. The Hall–Kier alpha value is -3.78. The van der Waals surface area contributed by atoms with Gasteiger partial charge in [0.05, 0.1) is 44.6 Å². The Morgan fingerprint density at radius 2 is 1.80 bits per heavy atom. The summed E-state index contributed by atoms with van der Waals surface area (Å²) >= 11 is 18.9. The topological polar surface area (TPSA) is 100 Å². The van der Waals surface area contributed by atoms with Crippen LogP contribution >= 0.6 is 34.8 Å². The standard InChI is InChI=1S/C28H22Cl3FN8/c29-17-3-1-15(2-4-17)27(25-14-40(39-38-25)20-12-34-13-20)37-19-7-21-26(36-18-5-6-24(32)22(30)8-18)16(10-33)11-35-28(21)23(31)9-19/h1-9,11,14,20,27,34,37-39H,12-13H2,(H,35,36).